The van der Waals surface area contributed by atoms with Crippen molar-refractivity contribution in [2.75, 3.05) is 6.54 Å². The Balaban J connectivity index is 1.88. The summed E-state index contributed by atoms with van der Waals surface area (Å²) in [6.07, 6.45) is -0.955. The molecule has 72 valence electrons. The number of hydrogen-bond donors (Lipinski definition) is 1. The fourth-order valence-corrected chi connectivity index (χ4v) is 1.21. The van der Waals surface area contributed by atoms with Crippen molar-refractivity contribution < 1.29 is 13.2 Å². The fourth-order valence-electron chi connectivity index (χ4n) is 1.21. The van der Waals surface area contributed by atoms with Crippen LogP contribution in [0.2, 0.25) is 0 Å². The van der Waals surface area contributed by atoms with E-state index >= 15 is 0 Å². The van der Waals surface area contributed by atoms with E-state index in [1.54, 1.807) is 0 Å². The quantitative estimate of drug-likeness (QED) is 0.657. The molecule has 1 N–H and O–H groups in total. The standard InChI is InChI=1S/C8H14F3N/c9-8(10,11)5-2-6-12-7-3-1-4-7/h7,12H,1-6H2. The monoisotopic (exact) mass is 181 g/mol. The first-order valence-electron chi connectivity index (χ1n) is 4.38. The summed E-state index contributed by atoms with van der Waals surface area (Å²) in [5.74, 6) is 0. The molecule has 1 nitrogen and oxygen atoms in total. The molecule has 4 heteroatoms. The predicted octanol–water partition coefficient (Wildman–Crippen LogP) is 2.47. The van der Waals surface area contributed by atoms with Gasteiger partial charge in [-0.3, -0.25) is 0 Å². The molecular weight excluding hydrogens is 167 g/mol. The van der Waals surface area contributed by atoms with Crippen LogP contribution in [-0.2, 0) is 0 Å². The van der Waals surface area contributed by atoms with Crippen molar-refractivity contribution in [3.63, 3.8) is 0 Å². The van der Waals surface area contributed by atoms with E-state index in [9.17, 15) is 13.2 Å². The van der Waals surface area contributed by atoms with Gasteiger partial charge in [0.25, 0.3) is 0 Å². The molecule has 0 aromatic carbocycles. The Hall–Kier alpha value is -0.250. The summed E-state index contributed by atoms with van der Waals surface area (Å²) in [7, 11) is 0. The van der Waals surface area contributed by atoms with Gasteiger partial charge in [-0.25, -0.2) is 0 Å². The molecule has 0 aromatic rings. The van der Waals surface area contributed by atoms with E-state index in [0.717, 1.165) is 12.8 Å². The van der Waals surface area contributed by atoms with Crippen molar-refractivity contribution in [1.29, 1.82) is 0 Å². The van der Waals surface area contributed by atoms with Crippen LogP contribution in [0.1, 0.15) is 32.1 Å². The lowest BCUT2D eigenvalue weighted by molar-refractivity contribution is -0.135. The summed E-state index contributed by atoms with van der Waals surface area (Å²) in [5.41, 5.74) is 0. The highest BCUT2D eigenvalue weighted by Gasteiger charge is 2.26. The van der Waals surface area contributed by atoms with Gasteiger partial charge < -0.3 is 5.32 Å². The molecule has 12 heavy (non-hydrogen) atoms. The smallest absolute Gasteiger partial charge is 0.314 e. The lowest BCUT2D eigenvalue weighted by Gasteiger charge is -2.26. The minimum atomic E-state index is -3.98. The van der Waals surface area contributed by atoms with Crippen molar-refractivity contribution in [2.24, 2.45) is 0 Å². The van der Waals surface area contributed by atoms with E-state index in [2.05, 4.69) is 5.32 Å². The fraction of sp³-hybridized carbons (Fsp3) is 1.00. The third-order valence-corrected chi connectivity index (χ3v) is 2.18. The Labute approximate surface area is 70.3 Å². The SMILES string of the molecule is FC(F)(F)CCCNC1CCC1. The van der Waals surface area contributed by atoms with E-state index in [-0.39, 0.29) is 6.42 Å². The minimum absolute atomic E-state index is 0.208. The highest BCUT2D eigenvalue weighted by molar-refractivity contribution is 4.75. The van der Waals surface area contributed by atoms with Gasteiger partial charge in [0, 0.05) is 12.5 Å². The van der Waals surface area contributed by atoms with Gasteiger partial charge in [0.05, 0.1) is 0 Å². The summed E-state index contributed by atoms with van der Waals surface area (Å²) in [5, 5.41) is 3.09. The Morgan fingerprint density at radius 1 is 1.25 bits per heavy atom. The molecule has 1 aliphatic rings. The van der Waals surface area contributed by atoms with Crippen LogP contribution in [0.25, 0.3) is 0 Å². The second-order valence-electron chi connectivity index (χ2n) is 3.30. The van der Waals surface area contributed by atoms with E-state index < -0.39 is 12.6 Å². The Bertz CT molecular complexity index is 129. The predicted molar refractivity (Wildman–Crippen MR) is 40.9 cm³/mol. The molecule has 1 aliphatic carbocycles. The lowest BCUT2D eigenvalue weighted by atomic mass is 9.93. The van der Waals surface area contributed by atoms with Crippen LogP contribution in [0.4, 0.5) is 13.2 Å². The minimum Gasteiger partial charge on any atom is -0.314 e. The first-order chi connectivity index (χ1) is 5.58. The summed E-state index contributed by atoms with van der Waals surface area (Å²) >= 11 is 0. The molecule has 0 saturated heterocycles. The zero-order valence-electron chi connectivity index (χ0n) is 6.95. The number of nitrogens with one attached hydrogen (secondary N) is 1. The number of alkyl halides is 3. The Kier molecular flexibility index (Phi) is 3.38. The topological polar surface area (TPSA) is 12.0 Å². The number of halogens is 3. The molecular formula is C8H14F3N. The molecule has 1 saturated carbocycles. The summed E-state index contributed by atoms with van der Waals surface area (Å²) < 4.78 is 34.9. The van der Waals surface area contributed by atoms with Gasteiger partial charge >= 0.3 is 6.18 Å². The molecule has 0 aromatic heterocycles. The van der Waals surface area contributed by atoms with Crippen molar-refractivity contribution in [1.82, 2.24) is 5.32 Å². The van der Waals surface area contributed by atoms with Crippen LogP contribution in [0.15, 0.2) is 0 Å². The average molecular weight is 181 g/mol. The summed E-state index contributed by atoms with van der Waals surface area (Å²) in [4.78, 5) is 0. The van der Waals surface area contributed by atoms with Crippen LogP contribution in [0, 0.1) is 0 Å². The summed E-state index contributed by atoms with van der Waals surface area (Å²) in [6.45, 7) is 0.504. The van der Waals surface area contributed by atoms with Gasteiger partial charge in [0.15, 0.2) is 0 Å². The van der Waals surface area contributed by atoms with Crippen molar-refractivity contribution in [3.05, 3.63) is 0 Å². The van der Waals surface area contributed by atoms with Gasteiger partial charge in [0.2, 0.25) is 0 Å². The molecule has 0 amide bonds. The lowest BCUT2D eigenvalue weighted by Crippen LogP contribution is -2.35. The molecule has 0 unspecified atom stereocenters. The maximum absolute atomic E-state index is 11.6. The second kappa shape index (κ2) is 4.12. The van der Waals surface area contributed by atoms with Gasteiger partial charge in [-0.05, 0) is 25.8 Å². The van der Waals surface area contributed by atoms with Gasteiger partial charge in [-0.1, -0.05) is 6.42 Å². The highest BCUT2D eigenvalue weighted by atomic mass is 19.4. The van der Waals surface area contributed by atoms with Gasteiger partial charge in [0.1, 0.15) is 0 Å². The maximum Gasteiger partial charge on any atom is 0.389 e. The Morgan fingerprint density at radius 3 is 2.33 bits per heavy atom. The van der Waals surface area contributed by atoms with Crippen molar-refractivity contribution in [2.45, 2.75) is 44.3 Å². The van der Waals surface area contributed by atoms with Crippen molar-refractivity contribution in [3.8, 4) is 0 Å². The molecule has 0 aliphatic heterocycles. The van der Waals surface area contributed by atoms with E-state index in [1.807, 2.05) is 0 Å². The van der Waals surface area contributed by atoms with Crippen LogP contribution >= 0.6 is 0 Å². The molecule has 0 heterocycles. The van der Waals surface area contributed by atoms with E-state index in [0.29, 0.717) is 12.6 Å². The molecule has 1 rings (SSSR count). The molecule has 0 spiro atoms. The number of rotatable bonds is 4. The first-order valence-corrected chi connectivity index (χ1v) is 4.38. The highest BCUT2D eigenvalue weighted by Crippen LogP contribution is 2.21. The van der Waals surface area contributed by atoms with E-state index in [1.165, 1.54) is 6.42 Å². The zero-order valence-corrected chi connectivity index (χ0v) is 6.95. The van der Waals surface area contributed by atoms with Crippen LogP contribution in [0.5, 0.6) is 0 Å². The molecule has 0 bridgehead atoms. The molecule has 0 atom stereocenters. The van der Waals surface area contributed by atoms with E-state index in [4.69, 9.17) is 0 Å². The van der Waals surface area contributed by atoms with Crippen LogP contribution in [-0.4, -0.2) is 18.8 Å². The van der Waals surface area contributed by atoms with Gasteiger partial charge in [-0.15, -0.1) is 0 Å². The first kappa shape index (κ1) is 9.84. The van der Waals surface area contributed by atoms with Crippen LogP contribution in [0.3, 0.4) is 0 Å². The van der Waals surface area contributed by atoms with Gasteiger partial charge in [-0.2, -0.15) is 13.2 Å². The van der Waals surface area contributed by atoms with Crippen LogP contribution < -0.4 is 5.32 Å². The molecule has 1 fully saturated rings. The third kappa shape index (κ3) is 3.95. The third-order valence-electron chi connectivity index (χ3n) is 2.18. The maximum atomic E-state index is 11.6. The van der Waals surface area contributed by atoms with Crippen molar-refractivity contribution >= 4 is 0 Å². The number of hydrogen-bond acceptors (Lipinski definition) is 1. The zero-order chi connectivity index (χ0) is 9.03. The second-order valence-corrected chi connectivity index (χ2v) is 3.30. The summed E-state index contributed by atoms with van der Waals surface area (Å²) in [6, 6.07) is 0.498. The normalized spacial score (nSPS) is 19.2. The average Bonchev–Trinajstić information content (AvgIpc) is 1.80. The largest absolute Gasteiger partial charge is 0.389 e. The molecule has 0 radical (unpaired) electrons. The Morgan fingerprint density at radius 2 is 1.92 bits per heavy atom.